The smallest absolute Gasteiger partial charge is 0.251 e. The average molecular weight is 280 g/mol. The second kappa shape index (κ2) is 5.20. The van der Waals surface area contributed by atoms with Gasteiger partial charge >= 0.3 is 0 Å². The maximum atomic E-state index is 12.1. The van der Waals surface area contributed by atoms with Crippen LogP contribution in [-0.2, 0) is 6.54 Å². The van der Waals surface area contributed by atoms with Gasteiger partial charge < -0.3 is 9.67 Å². The number of benzene rings is 1. The molecule has 0 fully saturated rings. The van der Waals surface area contributed by atoms with Crippen LogP contribution in [0, 0.1) is 0 Å². The molecule has 0 aliphatic rings. The quantitative estimate of drug-likeness (QED) is 0.744. The minimum atomic E-state index is -0.267. The Labute approximate surface area is 120 Å². The van der Waals surface area contributed by atoms with Crippen molar-refractivity contribution in [2.24, 2.45) is 0 Å². The molecule has 1 N–H and O–H groups in total. The first-order valence-electron chi connectivity index (χ1n) is 6.41. The van der Waals surface area contributed by atoms with E-state index in [4.69, 9.17) is 0 Å². The molecule has 5 heteroatoms. The first kappa shape index (κ1) is 13.1. The van der Waals surface area contributed by atoms with Gasteiger partial charge in [-0.25, -0.2) is 4.98 Å². The molecule has 0 spiro atoms. The van der Waals surface area contributed by atoms with Crippen LogP contribution in [0.25, 0.3) is 10.9 Å². The van der Waals surface area contributed by atoms with Crippen molar-refractivity contribution in [2.45, 2.75) is 6.54 Å². The van der Waals surface area contributed by atoms with Crippen molar-refractivity contribution >= 4 is 17.2 Å². The molecule has 5 nitrogen and oxygen atoms in total. The Balaban J connectivity index is 2.27. The lowest BCUT2D eigenvalue weighted by Gasteiger charge is -2.12. The van der Waals surface area contributed by atoms with Crippen molar-refractivity contribution in [3.8, 4) is 5.75 Å². The third kappa shape index (κ3) is 2.29. The van der Waals surface area contributed by atoms with E-state index in [1.807, 2.05) is 30.3 Å². The summed E-state index contributed by atoms with van der Waals surface area (Å²) in [7, 11) is 0. The summed E-state index contributed by atoms with van der Waals surface area (Å²) in [4.78, 5) is 26.9. The van der Waals surface area contributed by atoms with Gasteiger partial charge in [0.25, 0.3) is 5.56 Å². The molecule has 3 rings (SSSR count). The van der Waals surface area contributed by atoms with Crippen molar-refractivity contribution in [1.29, 1.82) is 0 Å². The number of carbonyl (C=O) groups is 1. The lowest BCUT2D eigenvalue weighted by Crippen LogP contribution is -2.20. The molecule has 2 heterocycles. The molecule has 0 radical (unpaired) electrons. The third-order valence-corrected chi connectivity index (χ3v) is 3.32. The first-order chi connectivity index (χ1) is 10.2. The van der Waals surface area contributed by atoms with Crippen molar-refractivity contribution in [2.75, 3.05) is 0 Å². The fraction of sp³-hybridized carbons (Fsp3) is 0.0625. The molecule has 0 aliphatic heterocycles. The van der Waals surface area contributed by atoms with Gasteiger partial charge in [-0.2, -0.15) is 0 Å². The van der Waals surface area contributed by atoms with Gasteiger partial charge in [-0.3, -0.25) is 9.59 Å². The number of fused-ring (bicyclic) bond motifs is 1. The first-order valence-corrected chi connectivity index (χ1v) is 6.41. The highest BCUT2D eigenvalue weighted by atomic mass is 16.3. The van der Waals surface area contributed by atoms with Crippen LogP contribution in [-0.4, -0.2) is 20.9 Å². The van der Waals surface area contributed by atoms with E-state index in [9.17, 15) is 14.7 Å². The van der Waals surface area contributed by atoms with Crippen molar-refractivity contribution in [1.82, 2.24) is 9.55 Å². The van der Waals surface area contributed by atoms with Gasteiger partial charge in [0.1, 0.15) is 5.69 Å². The van der Waals surface area contributed by atoms with E-state index in [2.05, 4.69) is 4.98 Å². The summed E-state index contributed by atoms with van der Waals surface area (Å²) in [5, 5.41) is 10.8. The predicted octanol–water partition coefficient (Wildman–Crippen LogP) is 1.96. The average Bonchev–Trinajstić information content (AvgIpc) is 2.51. The maximum absolute atomic E-state index is 12.1. The molecule has 2 aromatic heterocycles. The topological polar surface area (TPSA) is 72.2 Å². The molecule has 21 heavy (non-hydrogen) atoms. The number of aldehydes is 1. The standard InChI is InChI=1S/C16H12N2O3/c19-10-13-16(21)15-12(8-17-13)6-7-14(20)18(15)9-11-4-2-1-3-5-11/h1-8,10,21H,9H2. The molecular weight excluding hydrogens is 268 g/mol. The molecule has 3 aromatic rings. The molecule has 0 aliphatic carbocycles. The summed E-state index contributed by atoms with van der Waals surface area (Å²) in [5.41, 5.74) is 0.930. The minimum Gasteiger partial charge on any atom is -0.504 e. The number of aromatic hydroxyl groups is 1. The van der Waals surface area contributed by atoms with Crippen LogP contribution in [0.5, 0.6) is 5.75 Å². The van der Waals surface area contributed by atoms with Gasteiger partial charge in [0.2, 0.25) is 0 Å². The Morgan fingerprint density at radius 3 is 2.62 bits per heavy atom. The summed E-state index contributed by atoms with van der Waals surface area (Å²) in [6.45, 7) is 0.312. The minimum absolute atomic E-state index is 0.0742. The number of pyridine rings is 2. The number of hydrogen-bond acceptors (Lipinski definition) is 4. The number of rotatable bonds is 3. The molecule has 104 valence electrons. The van der Waals surface area contributed by atoms with Crippen LogP contribution in [0.2, 0.25) is 0 Å². The van der Waals surface area contributed by atoms with Gasteiger partial charge in [-0.1, -0.05) is 30.3 Å². The molecule has 0 unspecified atom stereocenters. The lowest BCUT2D eigenvalue weighted by molar-refractivity contribution is 0.111. The highest BCUT2D eigenvalue weighted by Crippen LogP contribution is 2.25. The summed E-state index contributed by atoms with van der Waals surface area (Å²) in [6, 6.07) is 12.4. The fourth-order valence-electron chi connectivity index (χ4n) is 2.30. The Hall–Kier alpha value is -2.95. The van der Waals surface area contributed by atoms with Gasteiger partial charge in [0.05, 0.1) is 12.1 Å². The van der Waals surface area contributed by atoms with Gasteiger partial charge in [0.15, 0.2) is 12.0 Å². The maximum Gasteiger partial charge on any atom is 0.251 e. The van der Waals surface area contributed by atoms with E-state index >= 15 is 0 Å². The zero-order valence-electron chi connectivity index (χ0n) is 11.1. The van der Waals surface area contributed by atoms with E-state index in [1.165, 1.54) is 16.8 Å². The number of aromatic nitrogens is 2. The predicted molar refractivity (Wildman–Crippen MR) is 78.6 cm³/mol. The Morgan fingerprint density at radius 1 is 1.14 bits per heavy atom. The van der Waals surface area contributed by atoms with Crippen LogP contribution in [0.1, 0.15) is 16.1 Å². The summed E-state index contributed by atoms with van der Waals surface area (Å²) >= 11 is 0. The molecule has 0 saturated heterocycles. The van der Waals surface area contributed by atoms with E-state index < -0.39 is 0 Å². The number of hydrogen-bond donors (Lipinski definition) is 1. The SMILES string of the molecule is O=Cc1ncc2ccc(=O)n(Cc3ccccc3)c2c1O. The number of carbonyl (C=O) groups excluding carboxylic acids is 1. The summed E-state index contributed by atoms with van der Waals surface area (Å²) in [5.74, 6) is -0.267. The van der Waals surface area contributed by atoms with E-state index in [-0.39, 0.29) is 17.0 Å². The van der Waals surface area contributed by atoms with E-state index in [0.29, 0.717) is 23.7 Å². The zero-order chi connectivity index (χ0) is 14.8. The highest BCUT2D eigenvalue weighted by molar-refractivity contribution is 5.91. The summed E-state index contributed by atoms with van der Waals surface area (Å²) in [6.07, 6.45) is 1.94. The Bertz CT molecular complexity index is 870. The zero-order valence-corrected chi connectivity index (χ0v) is 11.1. The van der Waals surface area contributed by atoms with Crippen LogP contribution in [0.3, 0.4) is 0 Å². The van der Waals surface area contributed by atoms with Crippen LogP contribution >= 0.6 is 0 Å². The Morgan fingerprint density at radius 2 is 1.90 bits per heavy atom. The molecule has 0 amide bonds. The molecule has 0 atom stereocenters. The molecule has 0 bridgehead atoms. The monoisotopic (exact) mass is 280 g/mol. The molecule has 1 aromatic carbocycles. The van der Waals surface area contributed by atoms with Crippen molar-refractivity contribution in [3.05, 3.63) is 70.3 Å². The van der Waals surface area contributed by atoms with Crippen LogP contribution in [0.15, 0.2) is 53.5 Å². The van der Waals surface area contributed by atoms with E-state index in [0.717, 1.165) is 5.56 Å². The Kier molecular flexibility index (Phi) is 3.23. The third-order valence-electron chi connectivity index (χ3n) is 3.32. The fourth-order valence-corrected chi connectivity index (χ4v) is 2.30. The van der Waals surface area contributed by atoms with Gasteiger partial charge in [-0.05, 0) is 11.6 Å². The molecule has 0 saturated carbocycles. The summed E-state index contributed by atoms with van der Waals surface area (Å²) < 4.78 is 1.44. The second-order valence-electron chi connectivity index (χ2n) is 4.66. The lowest BCUT2D eigenvalue weighted by atomic mass is 10.2. The van der Waals surface area contributed by atoms with Crippen molar-refractivity contribution in [3.63, 3.8) is 0 Å². The van der Waals surface area contributed by atoms with Gasteiger partial charge in [-0.15, -0.1) is 0 Å². The highest BCUT2D eigenvalue weighted by Gasteiger charge is 2.12. The number of nitrogens with zero attached hydrogens (tertiary/aromatic N) is 2. The largest absolute Gasteiger partial charge is 0.504 e. The van der Waals surface area contributed by atoms with E-state index in [1.54, 1.807) is 6.07 Å². The van der Waals surface area contributed by atoms with Crippen molar-refractivity contribution < 1.29 is 9.90 Å². The van der Waals surface area contributed by atoms with Crippen LogP contribution < -0.4 is 5.56 Å². The van der Waals surface area contributed by atoms with Gasteiger partial charge in [0, 0.05) is 17.6 Å². The normalized spacial score (nSPS) is 10.7. The molecular formula is C16H12N2O3. The second-order valence-corrected chi connectivity index (χ2v) is 4.66. The van der Waals surface area contributed by atoms with Crippen LogP contribution in [0.4, 0.5) is 0 Å².